The predicted molar refractivity (Wildman–Crippen MR) is 141 cm³/mol. The number of benzene rings is 3. The molecule has 3 aromatic carbocycles. The van der Waals surface area contributed by atoms with E-state index in [2.05, 4.69) is 41.5 Å². The van der Waals surface area contributed by atoms with Crippen LogP contribution in [-0.2, 0) is 22.9 Å². The highest BCUT2D eigenvalue weighted by Gasteiger charge is 2.29. The quantitative estimate of drug-likeness (QED) is 0.363. The van der Waals surface area contributed by atoms with E-state index in [1.807, 2.05) is 36.4 Å². The van der Waals surface area contributed by atoms with E-state index in [9.17, 15) is 13.2 Å². The van der Waals surface area contributed by atoms with Crippen LogP contribution < -0.4 is 9.62 Å². The molecule has 8 nitrogen and oxygen atoms in total. The fourth-order valence-electron chi connectivity index (χ4n) is 4.39. The molecule has 0 spiro atoms. The Labute approximate surface area is 216 Å². The lowest BCUT2D eigenvalue weighted by Gasteiger charge is -2.30. The van der Waals surface area contributed by atoms with Crippen LogP contribution in [0.2, 0.25) is 0 Å². The molecule has 2 heterocycles. The van der Waals surface area contributed by atoms with Crippen molar-refractivity contribution >= 4 is 27.6 Å². The number of hydrogen-bond acceptors (Lipinski definition) is 6. The molecule has 0 aliphatic carbocycles. The minimum Gasteiger partial charge on any atom is -0.407 e. The number of nitrogens with one attached hydrogen (secondary N) is 1. The third-order valence-corrected chi connectivity index (χ3v) is 8.29. The van der Waals surface area contributed by atoms with Crippen LogP contribution in [0.15, 0.2) is 82.1 Å². The Morgan fingerprint density at radius 1 is 1.00 bits per heavy atom. The van der Waals surface area contributed by atoms with Crippen molar-refractivity contribution in [2.75, 3.05) is 16.2 Å². The topological polar surface area (TPSA) is 105 Å². The minimum atomic E-state index is -3.75. The second-order valence-electron chi connectivity index (χ2n) is 9.36. The number of aryl methyl sites for hydroxylation is 1. The number of carbonyl (C=O) groups is 1. The number of sulfonamides is 1. The van der Waals surface area contributed by atoms with Crippen molar-refractivity contribution in [2.24, 2.45) is 0 Å². The summed E-state index contributed by atoms with van der Waals surface area (Å²) in [7, 11) is -3.75. The molecule has 37 heavy (non-hydrogen) atoms. The number of amides is 1. The highest BCUT2D eigenvalue weighted by atomic mass is 32.2. The van der Waals surface area contributed by atoms with Crippen LogP contribution in [-0.4, -0.2) is 31.1 Å². The highest BCUT2D eigenvalue weighted by Crippen LogP contribution is 2.31. The molecular weight excluding hydrogens is 488 g/mol. The number of rotatable bonds is 7. The largest absolute Gasteiger partial charge is 0.407 e. The lowest BCUT2D eigenvalue weighted by Crippen LogP contribution is -2.35. The summed E-state index contributed by atoms with van der Waals surface area (Å²) in [5, 5.41) is 10.5. The van der Waals surface area contributed by atoms with Crippen LogP contribution in [0.25, 0.3) is 0 Å². The van der Waals surface area contributed by atoms with Gasteiger partial charge in [0.2, 0.25) is 5.89 Å². The summed E-state index contributed by atoms with van der Waals surface area (Å²) in [4.78, 5) is 12.8. The fraction of sp³-hybridized carbons (Fsp3) is 0.250. The van der Waals surface area contributed by atoms with Crippen LogP contribution in [0.1, 0.15) is 59.1 Å². The Hall–Kier alpha value is -3.98. The predicted octanol–water partition coefficient (Wildman–Crippen LogP) is 5.18. The maximum absolute atomic E-state index is 13.3. The number of para-hydroxylation sites is 1. The van der Waals surface area contributed by atoms with Crippen molar-refractivity contribution in [1.82, 2.24) is 10.2 Å². The first-order chi connectivity index (χ1) is 17.8. The molecule has 0 saturated heterocycles. The monoisotopic (exact) mass is 516 g/mol. The SMILES string of the molecule is CC(C)c1ccc(Cc2nnc(NC(=O)c3ccc(S(=O)(=O)N4CCCc5ccccc54)cc3)o2)cc1. The molecule has 0 bridgehead atoms. The first-order valence-electron chi connectivity index (χ1n) is 12.2. The van der Waals surface area contributed by atoms with Crippen LogP contribution in [0, 0.1) is 0 Å². The van der Waals surface area contributed by atoms with E-state index in [0.717, 1.165) is 24.0 Å². The Balaban J connectivity index is 1.25. The summed E-state index contributed by atoms with van der Waals surface area (Å²) in [5.74, 6) is 0.370. The highest BCUT2D eigenvalue weighted by molar-refractivity contribution is 7.92. The zero-order valence-electron chi connectivity index (χ0n) is 20.7. The van der Waals surface area contributed by atoms with E-state index < -0.39 is 15.9 Å². The molecule has 190 valence electrons. The van der Waals surface area contributed by atoms with E-state index in [1.54, 1.807) is 0 Å². The molecule has 0 unspecified atom stereocenters. The molecule has 4 aromatic rings. The van der Waals surface area contributed by atoms with Gasteiger partial charge in [-0.25, -0.2) is 8.42 Å². The molecule has 0 saturated carbocycles. The van der Waals surface area contributed by atoms with Crippen LogP contribution in [0.4, 0.5) is 11.7 Å². The lowest BCUT2D eigenvalue weighted by atomic mass is 10.0. The molecule has 0 radical (unpaired) electrons. The first kappa shape index (κ1) is 24.7. The zero-order chi connectivity index (χ0) is 26.0. The second kappa shape index (κ2) is 10.2. The molecule has 1 amide bonds. The van der Waals surface area contributed by atoms with Crippen molar-refractivity contribution in [3.05, 3.63) is 101 Å². The molecule has 1 aromatic heterocycles. The van der Waals surface area contributed by atoms with Crippen LogP contribution in [0.3, 0.4) is 0 Å². The van der Waals surface area contributed by atoms with Gasteiger partial charge < -0.3 is 4.42 Å². The lowest BCUT2D eigenvalue weighted by molar-refractivity contribution is 0.102. The molecule has 1 aliphatic rings. The Morgan fingerprint density at radius 2 is 1.73 bits per heavy atom. The molecule has 1 aliphatic heterocycles. The maximum Gasteiger partial charge on any atom is 0.322 e. The third-order valence-electron chi connectivity index (χ3n) is 6.46. The molecule has 5 rings (SSSR count). The Kier molecular flexibility index (Phi) is 6.80. The number of anilines is 2. The van der Waals surface area contributed by atoms with Gasteiger partial charge in [-0.15, -0.1) is 5.10 Å². The number of carbonyl (C=O) groups excluding carboxylic acids is 1. The molecule has 1 N–H and O–H groups in total. The summed E-state index contributed by atoms with van der Waals surface area (Å²) >= 11 is 0. The van der Waals surface area contributed by atoms with Gasteiger partial charge in [-0.05, 0) is 65.8 Å². The van der Waals surface area contributed by atoms with Gasteiger partial charge in [0.15, 0.2) is 0 Å². The number of aromatic nitrogens is 2. The van der Waals surface area contributed by atoms with Crippen LogP contribution in [0.5, 0.6) is 0 Å². The van der Waals surface area contributed by atoms with Gasteiger partial charge in [0, 0.05) is 12.1 Å². The van der Waals surface area contributed by atoms with Gasteiger partial charge in [0.05, 0.1) is 17.0 Å². The third kappa shape index (κ3) is 5.27. The van der Waals surface area contributed by atoms with Crippen LogP contribution >= 0.6 is 0 Å². The number of fused-ring (bicyclic) bond motifs is 1. The van der Waals surface area contributed by atoms with Gasteiger partial charge in [-0.3, -0.25) is 14.4 Å². The van der Waals surface area contributed by atoms with Crippen molar-refractivity contribution in [2.45, 2.75) is 43.9 Å². The van der Waals surface area contributed by atoms with Gasteiger partial charge in [0.25, 0.3) is 15.9 Å². The number of nitrogens with zero attached hydrogens (tertiary/aromatic N) is 3. The van der Waals surface area contributed by atoms with E-state index >= 15 is 0 Å². The molecule has 0 fully saturated rings. The molecular formula is C28H28N4O4S. The Bertz CT molecular complexity index is 1510. The number of hydrogen-bond donors (Lipinski definition) is 1. The summed E-state index contributed by atoms with van der Waals surface area (Å²) in [5.41, 5.74) is 4.28. The fourth-order valence-corrected chi connectivity index (χ4v) is 5.94. The van der Waals surface area contributed by atoms with Gasteiger partial charge >= 0.3 is 6.01 Å². The van der Waals surface area contributed by atoms with Crippen molar-refractivity contribution in [1.29, 1.82) is 0 Å². The summed E-state index contributed by atoms with van der Waals surface area (Å²) < 4.78 is 33.7. The van der Waals surface area contributed by atoms with E-state index in [0.29, 0.717) is 30.5 Å². The summed E-state index contributed by atoms with van der Waals surface area (Å²) in [6.45, 7) is 4.70. The average molecular weight is 517 g/mol. The smallest absolute Gasteiger partial charge is 0.322 e. The average Bonchev–Trinajstić information content (AvgIpc) is 3.35. The van der Waals surface area contributed by atoms with E-state index in [-0.39, 0.29) is 16.5 Å². The van der Waals surface area contributed by atoms with Crippen molar-refractivity contribution in [3.63, 3.8) is 0 Å². The van der Waals surface area contributed by atoms with Gasteiger partial charge in [0.1, 0.15) is 0 Å². The van der Waals surface area contributed by atoms with E-state index in [1.165, 1.54) is 34.1 Å². The second-order valence-corrected chi connectivity index (χ2v) is 11.2. The molecule has 9 heteroatoms. The van der Waals surface area contributed by atoms with Crippen molar-refractivity contribution < 1.29 is 17.6 Å². The minimum absolute atomic E-state index is 0.0135. The standard InChI is InChI=1S/C28H28N4O4S/c1-19(2)21-11-9-20(10-12-21)18-26-30-31-28(36-26)29-27(33)23-13-15-24(16-14-23)37(34,35)32-17-5-7-22-6-3-4-8-25(22)32/h3-4,6,8-16,19H,5,7,17-18H2,1-2H3,(H,29,31,33). The first-order valence-corrected chi connectivity index (χ1v) is 13.7. The van der Waals surface area contributed by atoms with Gasteiger partial charge in [-0.1, -0.05) is 61.4 Å². The zero-order valence-corrected chi connectivity index (χ0v) is 21.5. The summed E-state index contributed by atoms with van der Waals surface area (Å²) in [6, 6.07) is 21.6. The maximum atomic E-state index is 13.3. The summed E-state index contributed by atoms with van der Waals surface area (Å²) in [6.07, 6.45) is 2.06. The van der Waals surface area contributed by atoms with E-state index in [4.69, 9.17) is 4.42 Å². The van der Waals surface area contributed by atoms with Crippen molar-refractivity contribution in [3.8, 4) is 0 Å². The van der Waals surface area contributed by atoms with Gasteiger partial charge in [-0.2, -0.15) is 0 Å². The Morgan fingerprint density at radius 3 is 2.46 bits per heavy atom. The molecule has 0 atom stereocenters. The normalized spacial score (nSPS) is 13.4.